The summed E-state index contributed by atoms with van der Waals surface area (Å²) in [5.74, 6) is -2.07. The van der Waals surface area contributed by atoms with Gasteiger partial charge in [0.1, 0.15) is 4.83 Å². The van der Waals surface area contributed by atoms with Gasteiger partial charge in [-0.15, -0.1) is 0 Å². The number of hydrogen-bond acceptors (Lipinski definition) is 4. The highest BCUT2D eigenvalue weighted by atomic mass is 79.9. The summed E-state index contributed by atoms with van der Waals surface area (Å²) in [7, 11) is 0. The molecule has 21 heavy (non-hydrogen) atoms. The molecule has 1 aliphatic heterocycles. The number of anilines is 1. The molecule has 5 nitrogen and oxygen atoms in total. The van der Waals surface area contributed by atoms with E-state index in [0.29, 0.717) is 10.7 Å². The molecule has 0 aromatic heterocycles. The lowest BCUT2D eigenvalue weighted by atomic mass is 9.98. The Bertz CT molecular complexity index is 603. The Morgan fingerprint density at radius 3 is 2.48 bits per heavy atom. The van der Waals surface area contributed by atoms with Crippen LogP contribution in [0, 0.1) is 0 Å². The van der Waals surface area contributed by atoms with Crippen LogP contribution in [0.3, 0.4) is 0 Å². The molecule has 0 aliphatic carbocycles. The summed E-state index contributed by atoms with van der Waals surface area (Å²) >= 11 is 8.97. The van der Waals surface area contributed by atoms with Crippen LogP contribution in [-0.2, 0) is 19.1 Å². The first-order valence-corrected chi connectivity index (χ1v) is 7.58. The molecule has 0 bridgehead atoms. The number of carbonyl (C=O) groups excluding carboxylic acids is 3. The molecule has 1 amide bonds. The second-order valence-electron chi connectivity index (χ2n) is 4.71. The number of amides is 1. The van der Waals surface area contributed by atoms with Crippen molar-refractivity contribution in [3.63, 3.8) is 0 Å². The number of ketones is 1. The molecule has 7 heteroatoms. The number of rotatable bonds is 3. The van der Waals surface area contributed by atoms with E-state index in [1.807, 2.05) is 0 Å². The first-order valence-electron chi connectivity index (χ1n) is 6.29. The Balaban J connectivity index is 2.53. The molecule has 112 valence electrons. The van der Waals surface area contributed by atoms with E-state index in [4.69, 9.17) is 16.3 Å². The number of esters is 1. The van der Waals surface area contributed by atoms with E-state index in [1.165, 1.54) is 6.92 Å². The molecule has 1 aromatic carbocycles. The summed E-state index contributed by atoms with van der Waals surface area (Å²) in [4.78, 5) is 36.7. The van der Waals surface area contributed by atoms with Crippen molar-refractivity contribution in [1.82, 2.24) is 0 Å². The van der Waals surface area contributed by atoms with Crippen molar-refractivity contribution >= 4 is 50.9 Å². The van der Waals surface area contributed by atoms with Crippen molar-refractivity contribution in [2.45, 2.75) is 24.2 Å². The third-order valence-corrected chi connectivity index (χ3v) is 4.93. The van der Waals surface area contributed by atoms with Gasteiger partial charge in [0, 0.05) is 10.7 Å². The number of alkyl halides is 1. The maximum Gasteiger partial charge on any atom is 0.333 e. The lowest BCUT2D eigenvalue weighted by Crippen LogP contribution is -2.55. The lowest BCUT2D eigenvalue weighted by molar-refractivity contribution is -0.149. The van der Waals surface area contributed by atoms with Crippen molar-refractivity contribution in [2.24, 2.45) is 0 Å². The predicted octanol–water partition coefficient (Wildman–Crippen LogP) is 2.34. The molecule has 0 saturated carbocycles. The Kier molecular flexibility index (Phi) is 4.39. The molecule has 0 radical (unpaired) electrons. The van der Waals surface area contributed by atoms with E-state index in [9.17, 15) is 14.4 Å². The average molecular weight is 375 g/mol. The topological polar surface area (TPSA) is 63.7 Å². The maximum absolute atomic E-state index is 12.3. The summed E-state index contributed by atoms with van der Waals surface area (Å²) in [5, 5.41) is 0.491. The smallest absolute Gasteiger partial charge is 0.333 e. The van der Waals surface area contributed by atoms with Crippen molar-refractivity contribution < 1.29 is 19.1 Å². The minimum atomic E-state index is -1.43. The van der Waals surface area contributed by atoms with E-state index in [2.05, 4.69) is 15.9 Å². The number of nitrogens with zero attached hydrogens (tertiary/aromatic N) is 1. The molecular formula is C14H13BrClNO4. The zero-order chi connectivity index (χ0) is 15.8. The van der Waals surface area contributed by atoms with Crippen LogP contribution in [-0.4, -0.2) is 34.6 Å². The Hall–Kier alpha value is -1.40. The molecule has 0 N–H and O–H groups in total. The third-order valence-electron chi connectivity index (χ3n) is 3.38. The van der Waals surface area contributed by atoms with Gasteiger partial charge in [-0.25, -0.2) is 4.79 Å². The zero-order valence-electron chi connectivity index (χ0n) is 11.4. The second kappa shape index (κ2) is 5.77. The van der Waals surface area contributed by atoms with Crippen molar-refractivity contribution in [2.75, 3.05) is 11.5 Å². The molecule has 1 aromatic rings. The van der Waals surface area contributed by atoms with Gasteiger partial charge in [0.25, 0.3) is 5.91 Å². The van der Waals surface area contributed by atoms with Crippen molar-refractivity contribution in [1.29, 1.82) is 0 Å². The van der Waals surface area contributed by atoms with Crippen molar-refractivity contribution in [3.05, 3.63) is 29.3 Å². The first-order chi connectivity index (χ1) is 9.83. The summed E-state index contributed by atoms with van der Waals surface area (Å²) < 4.78 is 5.03. The van der Waals surface area contributed by atoms with Crippen LogP contribution in [0.1, 0.15) is 13.8 Å². The lowest BCUT2D eigenvalue weighted by Gasteiger charge is -2.33. The zero-order valence-corrected chi connectivity index (χ0v) is 13.8. The molecule has 1 aliphatic rings. The summed E-state index contributed by atoms with van der Waals surface area (Å²) in [6, 6.07) is 6.33. The quantitative estimate of drug-likeness (QED) is 0.463. The minimum absolute atomic E-state index is 0.158. The van der Waals surface area contributed by atoms with Crippen LogP contribution in [0.15, 0.2) is 24.3 Å². The van der Waals surface area contributed by atoms with Crippen molar-refractivity contribution in [3.8, 4) is 0 Å². The van der Waals surface area contributed by atoms with Crippen LogP contribution in [0.2, 0.25) is 5.02 Å². The number of Topliss-reactive ketones (excluding diaryl/α,β-unsaturated/α-hetero) is 1. The highest BCUT2D eigenvalue weighted by Gasteiger charge is 2.60. The summed E-state index contributed by atoms with van der Waals surface area (Å²) in [6.45, 7) is 3.32. The number of halogens is 2. The third kappa shape index (κ3) is 2.46. The Labute approximate surface area is 135 Å². The van der Waals surface area contributed by atoms with E-state index < -0.39 is 28.0 Å². The van der Waals surface area contributed by atoms with E-state index in [0.717, 1.165) is 4.90 Å². The molecule has 1 saturated heterocycles. The first kappa shape index (κ1) is 16.0. The van der Waals surface area contributed by atoms with Gasteiger partial charge in [-0.3, -0.25) is 14.5 Å². The van der Waals surface area contributed by atoms with Gasteiger partial charge in [-0.1, -0.05) is 27.5 Å². The SMILES string of the molecule is CCOC(=O)[C@]1(C)[C@H](Br)C(=O)C(=O)N1c1ccc(Cl)cc1. The summed E-state index contributed by atoms with van der Waals surface area (Å²) in [6.07, 6.45) is 0. The van der Waals surface area contributed by atoms with Gasteiger partial charge >= 0.3 is 5.97 Å². The highest BCUT2D eigenvalue weighted by molar-refractivity contribution is 9.10. The van der Waals surface area contributed by atoms with Gasteiger partial charge in [0.15, 0.2) is 5.54 Å². The number of carbonyl (C=O) groups is 3. The van der Waals surface area contributed by atoms with Crippen LogP contribution in [0.25, 0.3) is 0 Å². The molecule has 0 spiro atoms. The predicted molar refractivity (Wildman–Crippen MR) is 81.7 cm³/mol. The fraction of sp³-hybridized carbons (Fsp3) is 0.357. The molecule has 2 atom stereocenters. The normalized spacial score (nSPS) is 25.3. The standard InChI is InChI=1S/C14H13BrClNO4/c1-3-21-13(20)14(2)11(15)10(18)12(19)17(14)9-6-4-8(16)5-7-9/h4-7,11H,3H2,1-2H3/t11-,14+/m1/s1. The van der Waals surface area contributed by atoms with E-state index in [1.54, 1.807) is 31.2 Å². The molecular weight excluding hydrogens is 362 g/mol. The molecule has 1 heterocycles. The van der Waals surface area contributed by atoms with Gasteiger partial charge < -0.3 is 4.74 Å². The average Bonchev–Trinajstić information content (AvgIpc) is 2.63. The second-order valence-corrected chi connectivity index (χ2v) is 6.06. The number of benzene rings is 1. The monoisotopic (exact) mass is 373 g/mol. The van der Waals surface area contributed by atoms with Crippen LogP contribution in [0.5, 0.6) is 0 Å². The molecule has 0 unspecified atom stereocenters. The van der Waals surface area contributed by atoms with Gasteiger partial charge in [-0.05, 0) is 38.1 Å². The molecule has 1 fully saturated rings. The van der Waals surface area contributed by atoms with E-state index >= 15 is 0 Å². The van der Waals surface area contributed by atoms with Crippen LogP contribution >= 0.6 is 27.5 Å². The van der Waals surface area contributed by atoms with Crippen LogP contribution < -0.4 is 4.90 Å². The largest absolute Gasteiger partial charge is 0.464 e. The number of hydrogen-bond donors (Lipinski definition) is 0. The summed E-state index contributed by atoms with van der Waals surface area (Å²) in [5.41, 5.74) is -1.02. The minimum Gasteiger partial charge on any atom is -0.464 e. The fourth-order valence-electron chi connectivity index (χ4n) is 2.25. The maximum atomic E-state index is 12.3. The Morgan fingerprint density at radius 1 is 1.38 bits per heavy atom. The molecule has 2 rings (SSSR count). The van der Waals surface area contributed by atoms with Gasteiger partial charge in [-0.2, -0.15) is 0 Å². The van der Waals surface area contributed by atoms with Crippen LogP contribution in [0.4, 0.5) is 5.69 Å². The van der Waals surface area contributed by atoms with Gasteiger partial charge in [0.05, 0.1) is 6.61 Å². The fourth-order valence-corrected chi connectivity index (χ4v) is 2.96. The Morgan fingerprint density at radius 2 is 1.95 bits per heavy atom. The highest BCUT2D eigenvalue weighted by Crippen LogP contribution is 2.38. The number of ether oxygens (including phenoxy) is 1. The van der Waals surface area contributed by atoms with E-state index in [-0.39, 0.29) is 6.61 Å². The van der Waals surface area contributed by atoms with Gasteiger partial charge in [0.2, 0.25) is 5.78 Å².